The number of carbonyl (C=O) groups is 1. The van der Waals surface area contributed by atoms with Crippen molar-refractivity contribution in [3.63, 3.8) is 0 Å². The van der Waals surface area contributed by atoms with Gasteiger partial charge in [0, 0.05) is 0 Å². The first-order chi connectivity index (χ1) is 9.49. The highest BCUT2D eigenvalue weighted by atomic mass is 32.2. The maximum absolute atomic E-state index is 11.9. The van der Waals surface area contributed by atoms with Crippen LogP contribution < -0.4 is 10.5 Å². The maximum Gasteiger partial charge on any atom is 0.241 e. The van der Waals surface area contributed by atoms with Gasteiger partial charge in [-0.25, -0.2) is 13.1 Å². The Kier molecular flexibility index (Phi) is 4.77. The molecule has 0 aliphatic heterocycles. The lowest BCUT2D eigenvalue weighted by Gasteiger charge is -2.22. The molecule has 6 heteroatoms. The Balaban J connectivity index is 2.09. The van der Waals surface area contributed by atoms with E-state index in [0.717, 1.165) is 0 Å². The number of nitrogens with one attached hydrogen (secondary N) is 1. The summed E-state index contributed by atoms with van der Waals surface area (Å²) < 4.78 is 26.0. The summed E-state index contributed by atoms with van der Waals surface area (Å²) in [7, 11) is -3.65. The molecular formula is C14H20N2O3S. The SMILES string of the molecule is NC(=O)CNS(=O)(=O)c1ccc(C2CCCCC2)cc1. The summed E-state index contributed by atoms with van der Waals surface area (Å²) in [4.78, 5) is 10.8. The molecule has 3 N–H and O–H groups in total. The molecule has 20 heavy (non-hydrogen) atoms. The summed E-state index contributed by atoms with van der Waals surface area (Å²) in [5, 5.41) is 0. The monoisotopic (exact) mass is 296 g/mol. The van der Waals surface area contributed by atoms with E-state index in [1.165, 1.54) is 37.7 Å². The largest absolute Gasteiger partial charge is 0.369 e. The summed E-state index contributed by atoms with van der Waals surface area (Å²) in [5.74, 6) is -0.161. The lowest BCUT2D eigenvalue weighted by Crippen LogP contribution is -2.33. The van der Waals surface area contributed by atoms with E-state index >= 15 is 0 Å². The third-order valence-corrected chi connectivity index (χ3v) is 5.12. The van der Waals surface area contributed by atoms with E-state index in [2.05, 4.69) is 4.72 Å². The van der Waals surface area contributed by atoms with Crippen molar-refractivity contribution in [1.82, 2.24) is 4.72 Å². The number of benzene rings is 1. The number of rotatable bonds is 5. The van der Waals surface area contributed by atoms with Crippen LogP contribution in [0.2, 0.25) is 0 Å². The summed E-state index contributed by atoms with van der Waals surface area (Å²) >= 11 is 0. The molecule has 0 saturated heterocycles. The van der Waals surface area contributed by atoms with E-state index in [-0.39, 0.29) is 11.4 Å². The van der Waals surface area contributed by atoms with Crippen LogP contribution in [0.5, 0.6) is 0 Å². The molecular weight excluding hydrogens is 276 g/mol. The first kappa shape index (κ1) is 15.0. The highest BCUT2D eigenvalue weighted by molar-refractivity contribution is 7.89. The van der Waals surface area contributed by atoms with E-state index in [1.54, 1.807) is 12.1 Å². The Bertz CT molecular complexity index is 561. The molecule has 0 spiro atoms. The van der Waals surface area contributed by atoms with Crippen LogP contribution in [0.15, 0.2) is 29.2 Å². The van der Waals surface area contributed by atoms with Crippen molar-refractivity contribution in [2.45, 2.75) is 42.9 Å². The van der Waals surface area contributed by atoms with Crippen LogP contribution in [0, 0.1) is 0 Å². The number of amides is 1. The lowest BCUT2D eigenvalue weighted by atomic mass is 9.84. The Morgan fingerprint density at radius 1 is 1.15 bits per heavy atom. The molecule has 1 saturated carbocycles. The Hall–Kier alpha value is -1.40. The molecule has 2 rings (SSSR count). The Labute approximate surface area is 119 Å². The third kappa shape index (κ3) is 3.80. The zero-order valence-corrected chi connectivity index (χ0v) is 12.2. The van der Waals surface area contributed by atoms with Gasteiger partial charge in [-0.2, -0.15) is 0 Å². The van der Waals surface area contributed by atoms with Crippen molar-refractivity contribution in [3.05, 3.63) is 29.8 Å². The van der Waals surface area contributed by atoms with Gasteiger partial charge in [-0.05, 0) is 36.5 Å². The van der Waals surface area contributed by atoms with Gasteiger partial charge < -0.3 is 5.73 Å². The van der Waals surface area contributed by atoms with Gasteiger partial charge in [0.25, 0.3) is 0 Å². The van der Waals surface area contributed by atoms with E-state index < -0.39 is 15.9 Å². The van der Waals surface area contributed by atoms with Gasteiger partial charge in [0.15, 0.2) is 0 Å². The normalized spacial score (nSPS) is 17.0. The number of nitrogens with two attached hydrogens (primary N) is 1. The number of hydrogen-bond acceptors (Lipinski definition) is 3. The molecule has 1 aromatic carbocycles. The maximum atomic E-state index is 11.9. The predicted molar refractivity (Wildman–Crippen MR) is 76.7 cm³/mol. The van der Waals surface area contributed by atoms with Gasteiger partial charge in [0.1, 0.15) is 0 Å². The van der Waals surface area contributed by atoms with E-state index in [9.17, 15) is 13.2 Å². The second-order valence-corrected chi connectivity index (χ2v) is 6.96. The minimum Gasteiger partial charge on any atom is -0.369 e. The fraction of sp³-hybridized carbons (Fsp3) is 0.500. The van der Waals surface area contributed by atoms with Gasteiger partial charge in [-0.1, -0.05) is 31.4 Å². The highest BCUT2D eigenvalue weighted by Crippen LogP contribution is 2.32. The van der Waals surface area contributed by atoms with Crippen LogP contribution in [0.1, 0.15) is 43.6 Å². The molecule has 1 aromatic rings. The molecule has 1 amide bonds. The minimum atomic E-state index is -3.65. The lowest BCUT2D eigenvalue weighted by molar-refractivity contribution is -0.116. The standard InChI is InChI=1S/C14H20N2O3S/c15-14(17)10-16-20(18,19)13-8-6-12(7-9-13)11-4-2-1-3-5-11/h6-9,11,16H,1-5,10H2,(H2,15,17). The van der Waals surface area contributed by atoms with Crippen molar-refractivity contribution in [1.29, 1.82) is 0 Å². The minimum absolute atomic E-state index is 0.165. The van der Waals surface area contributed by atoms with Crippen LogP contribution >= 0.6 is 0 Å². The molecule has 0 unspecified atom stereocenters. The fourth-order valence-electron chi connectivity index (χ4n) is 2.60. The van der Waals surface area contributed by atoms with Crippen molar-refractivity contribution in [2.24, 2.45) is 5.73 Å². The smallest absolute Gasteiger partial charge is 0.241 e. The molecule has 1 aliphatic carbocycles. The molecule has 5 nitrogen and oxygen atoms in total. The van der Waals surface area contributed by atoms with Crippen LogP contribution in [0.25, 0.3) is 0 Å². The summed E-state index contributed by atoms with van der Waals surface area (Å²) in [6, 6.07) is 6.92. The Morgan fingerprint density at radius 3 is 2.30 bits per heavy atom. The topological polar surface area (TPSA) is 89.3 Å². The molecule has 0 heterocycles. The third-order valence-electron chi connectivity index (χ3n) is 3.70. The second kappa shape index (κ2) is 6.37. The van der Waals surface area contributed by atoms with Crippen molar-refractivity contribution >= 4 is 15.9 Å². The van der Waals surface area contributed by atoms with Crippen molar-refractivity contribution < 1.29 is 13.2 Å². The quantitative estimate of drug-likeness (QED) is 0.863. The molecule has 0 aromatic heterocycles. The van der Waals surface area contributed by atoms with Crippen molar-refractivity contribution in [2.75, 3.05) is 6.54 Å². The van der Waals surface area contributed by atoms with Crippen molar-refractivity contribution in [3.8, 4) is 0 Å². The number of primary amides is 1. The molecule has 0 bridgehead atoms. The first-order valence-corrected chi connectivity index (χ1v) is 8.35. The van der Waals surface area contributed by atoms with Crippen LogP contribution in [-0.2, 0) is 14.8 Å². The Morgan fingerprint density at radius 2 is 1.75 bits per heavy atom. The van der Waals surface area contributed by atoms with Crippen LogP contribution in [0.3, 0.4) is 0 Å². The zero-order valence-electron chi connectivity index (χ0n) is 11.3. The predicted octanol–water partition coefficient (Wildman–Crippen LogP) is 1.50. The zero-order chi connectivity index (χ0) is 14.6. The molecule has 110 valence electrons. The van der Waals surface area contributed by atoms with Gasteiger partial charge >= 0.3 is 0 Å². The second-order valence-electron chi connectivity index (χ2n) is 5.19. The van der Waals surface area contributed by atoms with Gasteiger partial charge in [0.2, 0.25) is 15.9 Å². The van der Waals surface area contributed by atoms with Crippen LogP contribution in [0.4, 0.5) is 0 Å². The summed E-state index contributed by atoms with van der Waals surface area (Å²) in [6.45, 7) is -0.382. The van der Waals surface area contributed by atoms with Crippen LogP contribution in [-0.4, -0.2) is 20.9 Å². The summed E-state index contributed by atoms with van der Waals surface area (Å²) in [5.41, 5.74) is 6.13. The number of sulfonamides is 1. The van der Waals surface area contributed by atoms with Gasteiger partial charge in [-0.15, -0.1) is 0 Å². The number of hydrogen-bond donors (Lipinski definition) is 2. The average Bonchev–Trinajstić information content (AvgIpc) is 2.46. The van der Waals surface area contributed by atoms with E-state index in [0.29, 0.717) is 5.92 Å². The highest BCUT2D eigenvalue weighted by Gasteiger charge is 2.18. The van der Waals surface area contributed by atoms with Gasteiger partial charge in [0.05, 0.1) is 11.4 Å². The molecule has 1 aliphatic rings. The van der Waals surface area contributed by atoms with E-state index in [1.807, 2.05) is 12.1 Å². The molecule has 0 radical (unpaired) electrons. The molecule has 1 fully saturated rings. The van der Waals surface area contributed by atoms with E-state index in [4.69, 9.17) is 5.73 Å². The first-order valence-electron chi connectivity index (χ1n) is 6.87. The average molecular weight is 296 g/mol. The molecule has 0 atom stereocenters. The fourth-order valence-corrected chi connectivity index (χ4v) is 3.60. The summed E-state index contributed by atoms with van der Waals surface area (Å²) in [6.07, 6.45) is 6.12. The number of carbonyl (C=O) groups excluding carboxylic acids is 1. The van der Waals surface area contributed by atoms with Gasteiger partial charge in [-0.3, -0.25) is 4.79 Å².